The molecule has 2 N–H and O–H groups in total. The van der Waals surface area contributed by atoms with Crippen LogP contribution in [0.3, 0.4) is 0 Å². The van der Waals surface area contributed by atoms with Gasteiger partial charge in [-0.3, -0.25) is 4.79 Å². The lowest BCUT2D eigenvalue weighted by molar-refractivity contribution is -0.116. The van der Waals surface area contributed by atoms with Crippen molar-refractivity contribution in [2.75, 3.05) is 11.9 Å². The number of hydrogen-bond acceptors (Lipinski definition) is 5. The van der Waals surface area contributed by atoms with Gasteiger partial charge in [-0.25, -0.2) is 0 Å². The molecule has 0 unspecified atom stereocenters. The predicted molar refractivity (Wildman–Crippen MR) is 110 cm³/mol. The molecule has 2 aromatic carbocycles. The van der Waals surface area contributed by atoms with Crippen molar-refractivity contribution in [2.24, 2.45) is 0 Å². The van der Waals surface area contributed by atoms with Gasteiger partial charge in [0.25, 0.3) is 0 Å². The van der Waals surface area contributed by atoms with Crippen molar-refractivity contribution in [3.8, 4) is 11.4 Å². The number of amides is 1. The van der Waals surface area contributed by atoms with E-state index in [1.165, 1.54) is 0 Å². The Morgan fingerprint density at radius 2 is 1.93 bits per heavy atom. The number of aryl methyl sites for hydroxylation is 1. The molecular formula is C21H23ClN4O2. The number of anilines is 1. The molecule has 1 heterocycles. The normalized spacial score (nSPS) is 10.8. The van der Waals surface area contributed by atoms with Gasteiger partial charge in [-0.05, 0) is 48.9 Å². The summed E-state index contributed by atoms with van der Waals surface area (Å²) in [4.78, 5) is 16.7. The van der Waals surface area contributed by atoms with Crippen LogP contribution in [-0.4, -0.2) is 22.6 Å². The number of hydrogen-bond donors (Lipinski definition) is 2. The molecule has 0 aliphatic carbocycles. The highest BCUT2D eigenvalue weighted by atomic mass is 35.5. The zero-order valence-corrected chi connectivity index (χ0v) is 16.5. The van der Waals surface area contributed by atoms with Crippen LogP contribution in [0.2, 0.25) is 5.02 Å². The van der Waals surface area contributed by atoms with Crippen molar-refractivity contribution < 1.29 is 9.32 Å². The van der Waals surface area contributed by atoms with Crippen LogP contribution in [0.4, 0.5) is 5.69 Å². The fourth-order valence-electron chi connectivity index (χ4n) is 2.74. The molecule has 1 amide bonds. The Hall–Kier alpha value is -2.70. The lowest BCUT2D eigenvalue weighted by atomic mass is 10.1. The zero-order chi connectivity index (χ0) is 19.8. The molecular weight excluding hydrogens is 376 g/mol. The van der Waals surface area contributed by atoms with Crippen LogP contribution in [0.1, 0.15) is 31.2 Å². The van der Waals surface area contributed by atoms with Crippen LogP contribution < -0.4 is 10.6 Å². The summed E-state index contributed by atoms with van der Waals surface area (Å²) in [5.41, 5.74) is 2.76. The van der Waals surface area contributed by atoms with Gasteiger partial charge in [-0.15, -0.1) is 0 Å². The van der Waals surface area contributed by atoms with E-state index in [-0.39, 0.29) is 5.91 Å². The molecule has 7 heteroatoms. The molecule has 0 fully saturated rings. The fourth-order valence-corrected chi connectivity index (χ4v) is 2.87. The number of nitrogens with zero attached hydrogens (tertiary/aromatic N) is 2. The third-order valence-corrected chi connectivity index (χ3v) is 4.47. The lowest BCUT2D eigenvalue weighted by Gasteiger charge is -2.11. The van der Waals surface area contributed by atoms with E-state index in [0.29, 0.717) is 36.0 Å². The standard InChI is InChI=1S/C21H23ClN4O2/c1-2-23-14-16-6-3-4-7-18(16)24-19(27)8-5-9-20-25-21(26-28-20)15-10-12-17(22)13-11-15/h3-4,6-7,10-13,23H,2,5,8-9,14H2,1H3,(H,24,27). The Bertz CT molecular complexity index is 909. The first kappa shape index (κ1) is 20.0. The van der Waals surface area contributed by atoms with E-state index in [4.69, 9.17) is 16.1 Å². The van der Waals surface area contributed by atoms with Crippen LogP contribution in [0.5, 0.6) is 0 Å². The number of para-hydroxylation sites is 1. The van der Waals surface area contributed by atoms with E-state index in [9.17, 15) is 4.79 Å². The molecule has 0 aliphatic rings. The third kappa shape index (κ3) is 5.65. The summed E-state index contributed by atoms with van der Waals surface area (Å²) in [5, 5.41) is 10.9. The first-order valence-electron chi connectivity index (χ1n) is 9.32. The van der Waals surface area contributed by atoms with Gasteiger partial charge in [0.15, 0.2) is 0 Å². The Balaban J connectivity index is 1.49. The summed E-state index contributed by atoms with van der Waals surface area (Å²) in [7, 11) is 0. The molecule has 0 saturated heterocycles. The van der Waals surface area contributed by atoms with Crippen molar-refractivity contribution in [1.82, 2.24) is 15.5 Å². The maximum atomic E-state index is 12.3. The van der Waals surface area contributed by atoms with Crippen molar-refractivity contribution in [2.45, 2.75) is 32.7 Å². The molecule has 0 atom stereocenters. The Morgan fingerprint density at radius 3 is 2.71 bits per heavy atom. The van der Waals surface area contributed by atoms with Gasteiger partial charge >= 0.3 is 0 Å². The summed E-state index contributed by atoms with van der Waals surface area (Å²) < 4.78 is 5.28. The summed E-state index contributed by atoms with van der Waals surface area (Å²) in [5.74, 6) is 1.01. The molecule has 146 valence electrons. The van der Waals surface area contributed by atoms with Crippen molar-refractivity contribution in [3.05, 3.63) is 65.0 Å². The highest BCUT2D eigenvalue weighted by Crippen LogP contribution is 2.19. The quantitative estimate of drug-likeness (QED) is 0.556. The van der Waals surface area contributed by atoms with Crippen molar-refractivity contribution >= 4 is 23.2 Å². The average Bonchev–Trinajstić information content (AvgIpc) is 3.17. The summed E-state index contributed by atoms with van der Waals surface area (Å²) in [6, 6.07) is 15.1. The molecule has 3 rings (SSSR count). The van der Waals surface area contributed by atoms with E-state index in [1.807, 2.05) is 36.4 Å². The topological polar surface area (TPSA) is 80.0 Å². The number of carbonyl (C=O) groups excluding carboxylic acids is 1. The second kappa shape index (κ2) is 10.0. The van der Waals surface area contributed by atoms with Crippen LogP contribution in [-0.2, 0) is 17.8 Å². The molecule has 0 aliphatic heterocycles. The molecule has 6 nitrogen and oxygen atoms in total. The molecule has 1 aromatic heterocycles. The van der Waals surface area contributed by atoms with Crippen LogP contribution >= 0.6 is 11.6 Å². The summed E-state index contributed by atoms with van der Waals surface area (Å²) in [6.45, 7) is 3.66. The number of nitrogens with one attached hydrogen (secondary N) is 2. The fraction of sp³-hybridized carbons (Fsp3) is 0.286. The third-order valence-electron chi connectivity index (χ3n) is 4.22. The minimum atomic E-state index is -0.0265. The number of aromatic nitrogens is 2. The number of benzene rings is 2. The Morgan fingerprint density at radius 1 is 1.14 bits per heavy atom. The first-order valence-corrected chi connectivity index (χ1v) is 9.70. The molecule has 0 spiro atoms. The average molecular weight is 399 g/mol. The van der Waals surface area contributed by atoms with E-state index in [2.05, 4.69) is 27.7 Å². The first-order chi connectivity index (χ1) is 13.7. The Kier molecular flexibility index (Phi) is 7.17. The van der Waals surface area contributed by atoms with Gasteiger partial charge in [-0.1, -0.05) is 41.9 Å². The Labute approximate surface area is 169 Å². The molecule has 0 radical (unpaired) electrons. The van der Waals surface area contributed by atoms with E-state index in [0.717, 1.165) is 29.9 Å². The van der Waals surface area contributed by atoms with Gasteiger partial charge in [-0.2, -0.15) is 4.98 Å². The minimum absolute atomic E-state index is 0.0265. The minimum Gasteiger partial charge on any atom is -0.339 e. The van der Waals surface area contributed by atoms with Crippen LogP contribution in [0.25, 0.3) is 11.4 Å². The van der Waals surface area contributed by atoms with Crippen molar-refractivity contribution in [3.63, 3.8) is 0 Å². The van der Waals surface area contributed by atoms with Gasteiger partial charge in [0.1, 0.15) is 0 Å². The van der Waals surface area contributed by atoms with E-state index < -0.39 is 0 Å². The number of halogens is 1. The number of carbonyl (C=O) groups is 1. The monoisotopic (exact) mass is 398 g/mol. The van der Waals surface area contributed by atoms with Crippen molar-refractivity contribution in [1.29, 1.82) is 0 Å². The van der Waals surface area contributed by atoms with Crippen LogP contribution in [0, 0.1) is 0 Å². The van der Waals surface area contributed by atoms with Gasteiger partial charge in [0.2, 0.25) is 17.6 Å². The molecule has 3 aromatic rings. The zero-order valence-electron chi connectivity index (χ0n) is 15.7. The van der Waals surface area contributed by atoms with Crippen LogP contribution in [0.15, 0.2) is 53.1 Å². The van der Waals surface area contributed by atoms with Gasteiger partial charge in [0, 0.05) is 35.7 Å². The highest BCUT2D eigenvalue weighted by molar-refractivity contribution is 6.30. The number of rotatable bonds is 9. The molecule has 0 saturated carbocycles. The predicted octanol–water partition coefficient (Wildman–Crippen LogP) is 4.46. The maximum absolute atomic E-state index is 12.3. The molecule has 0 bridgehead atoms. The SMILES string of the molecule is CCNCc1ccccc1NC(=O)CCCc1nc(-c2ccc(Cl)cc2)no1. The lowest BCUT2D eigenvalue weighted by Crippen LogP contribution is -2.17. The largest absolute Gasteiger partial charge is 0.339 e. The van der Waals surface area contributed by atoms with E-state index >= 15 is 0 Å². The highest BCUT2D eigenvalue weighted by Gasteiger charge is 2.11. The summed E-state index contributed by atoms with van der Waals surface area (Å²) in [6.07, 6.45) is 1.56. The smallest absolute Gasteiger partial charge is 0.226 e. The van der Waals surface area contributed by atoms with Gasteiger partial charge in [0.05, 0.1) is 0 Å². The molecule has 28 heavy (non-hydrogen) atoms. The second-order valence-corrected chi connectivity index (χ2v) is 6.79. The maximum Gasteiger partial charge on any atom is 0.226 e. The second-order valence-electron chi connectivity index (χ2n) is 6.36. The van der Waals surface area contributed by atoms with Gasteiger partial charge < -0.3 is 15.2 Å². The van der Waals surface area contributed by atoms with E-state index in [1.54, 1.807) is 12.1 Å². The summed E-state index contributed by atoms with van der Waals surface area (Å²) >= 11 is 5.89.